The fraction of sp³-hybridized carbons (Fsp3) is 0.235. The van der Waals surface area contributed by atoms with Crippen LogP contribution in [-0.4, -0.2) is 26.4 Å². The van der Waals surface area contributed by atoms with Crippen molar-refractivity contribution in [3.05, 3.63) is 65.6 Å². The number of fused-ring (bicyclic) bond motifs is 1. The van der Waals surface area contributed by atoms with Crippen molar-refractivity contribution in [2.45, 2.75) is 19.5 Å². The maximum Gasteiger partial charge on any atom is 0.226 e. The van der Waals surface area contributed by atoms with Crippen LogP contribution in [0.1, 0.15) is 17.0 Å². The number of hydrogen-bond donors (Lipinski definition) is 0. The molecule has 0 fully saturated rings. The Labute approximate surface area is 137 Å². The first-order chi connectivity index (χ1) is 11.7. The molecule has 0 radical (unpaired) electrons. The van der Waals surface area contributed by atoms with E-state index < -0.39 is 11.6 Å². The van der Waals surface area contributed by atoms with Gasteiger partial charge in [-0.25, -0.2) is 23.7 Å². The Bertz CT molecular complexity index is 881. The van der Waals surface area contributed by atoms with E-state index in [0.717, 1.165) is 43.0 Å². The lowest BCUT2D eigenvalue weighted by molar-refractivity contribution is 0.238. The molecule has 0 unspecified atom stereocenters. The first-order valence-corrected chi connectivity index (χ1v) is 7.59. The molecule has 2 aromatic heterocycles. The van der Waals surface area contributed by atoms with Crippen LogP contribution < -0.4 is 0 Å². The van der Waals surface area contributed by atoms with Crippen molar-refractivity contribution in [3.63, 3.8) is 0 Å². The van der Waals surface area contributed by atoms with Crippen LogP contribution >= 0.6 is 0 Å². The molecule has 0 atom stereocenters. The van der Waals surface area contributed by atoms with Crippen molar-refractivity contribution in [1.82, 2.24) is 19.9 Å². The lowest BCUT2D eigenvalue weighted by Crippen LogP contribution is -2.30. The number of rotatable bonds is 3. The van der Waals surface area contributed by atoms with Gasteiger partial charge in [0.25, 0.3) is 0 Å². The molecule has 0 saturated heterocycles. The normalized spacial score (nSPS) is 14.6. The minimum Gasteiger partial charge on any atom is -0.444 e. The van der Waals surface area contributed by atoms with Gasteiger partial charge in [0.1, 0.15) is 12.6 Å². The zero-order chi connectivity index (χ0) is 16.5. The molecule has 1 aromatic carbocycles. The van der Waals surface area contributed by atoms with E-state index in [2.05, 4.69) is 19.9 Å². The van der Waals surface area contributed by atoms with Crippen molar-refractivity contribution in [2.24, 2.45) is 0 Å². The molecule has 24 heavy (non-hydrogen) atoms. The lowest BCUT2D eigenvalue weighted by Gasteiger charge is -2.26. The van der Waals surface area contributed by atoms with E-state index in [0.29, 0.717) is 12.1 Å². The third-order valence-corrected chi connectivity index (χ3v) is 4.06. The Morgan fingerprint density at radius 3 is 3.00 bits per heavy atom. The van der Waals surface area contributed by atoms with Gasteiger partial charge in [-0.15, -0.1) is 0 Å². The second-order valence-electron chi connectivity index (χ2n) is 5.73. The van der Waals surface area contributed by atoms with Crippen LogP contribution in [0.2, 0.25) is 0 Å². The number of hydrogen-bond acceptors (Lipinski definition) is 5. The Morgan fingerprint density at radius 2 is 2.12 bits per heavy atom. The molecule has 3 aromatic rings. The number of halogens is 2. The predicted octanol–water partition coefficient (Wildman–Crippen LogP) is 2.97. The molecule has 1 aliphatic heterocycles. The molecule has 0 spiro atoms. The number of nitrogens with zero attached hydrogens (tertiary/aromatic N) is 4. The monoisotopic (exact) mass is 328 g/mol. The zero-order valence-electron chi connectivity index (χ0n) is 12.7. The van der Waals surface area contributed by atoms with E-state index in [1.54, 1.807) is 12.6 Å². The van der Waals surface area contributed by atoms with Crippen molar-refractivity contribution in [1.29, 1.82) is 0 Å². The minimum atomic E-state index is -0.917. The fourth-order valence-electron chi connectivity index (χ4n) is 2.81. The number of aromatic nitrogens is 3. The molecule has 0 saturated carbocycles. The van der Waals surface area contributed by atoms with Crippen LogP contribution in [0, 0.1) is 11.6 Å². The summed E-state index contributed by atoms with van der Waals surface area (Å²) >= 11 is 0. The van der Waals surface area contributed by atoms with Gasteiger partial charge in [-0.1, -0.05) is 0 Å². The average molecular weight is 328 g/mol. The van der Waals surface area contributed by atoms with E-state index in [9.17, 15) is 8.78 Å². The van der Waals surface area contributed by atoms with Crippen LogP contribution in [-0.2, 0) is 19.5 Å². The van der Waals surface area contributed by atoms with Crippen molar-refractivity contribution in [2.75, 3.05) is 6.54 Å². The van der Waals surface area contributed by atoms with Crippen LogP contribution in [0.3, 0.4) is 0 Å². The summed E-state index contributed by atoms with van der Waals surface area (Å²) in [5.74, 6) is -1.53. The third kappa shape index (κ3) is 2.90. The zero-order valence-corrected chi connectivity index (χ0v) is 12.7. The van der Waals surface area contributed by atoms with Gasteiger partial charge in [0.05, 0.1) is 11.4 Å². The maximum absolute atomic E-state index is 13.3. The van der Waals surface area contributed by atoms with Gasteiger partial charge >= 0.3 is 0 Å². The summed E-state index contributed by atoms with van der Waals surface area (Å²) in [6.07, 6.45) is 5.85. The van der Waals surface area contributed by atoms with Crippen molar-refractivity contribution < 1.29 is 13.2 Å². The Hall–Kier alpha value is -2.67. The SMILES string of the molecule is Fc1ccc(-c2nc(CN3CCc4cncnc4C3)co2)cc1F. The summed E-state index contributed by atoms with van der Waals surface area (Å²) in [5, 5.41) is 0. The second-order valence-corrected chi connectivity index (χ2v) is 5.73. The number of benzene rings is 1. The maximum atomic E-state index is 13.3. The molecule has 4 rings (SSSR count). The summed E-state index contributed by atoms with van der Waals surface area (Å²) in [4.78, 5) is 14.9. The van der Waals surface area contributed by atoms with Gasteiger partial charge in [0.15, 0.2) is 11.6 Å². The smallest absolute Gasteiger partial charge is 0.226 e. The highest BCUT2D eigenvalue weighted by Crippen LogP contribution is 2.23. The average Bonchev–Trinajstić information content (AvgIpc) is 3.06. The van der Waals surface area contributed by atoms with Gasteiger partial charge in [0, 0.05) is 31.4 Å². The van der Waals surface area contributed by atoms with Crippen LogP contribution in [0.25, 0.3) is 11.5 Å². The number of oxazole rings is 1. The van der Waals surface area contributed by atoms with Crippen LogP contribution in [0.4, 0.5) is 8.78 Å². The molecule has 7 heteroatoms. The molecule has 1 aliphatic rings. The highest BCUT2D eigenvalue weighted by molar-refractivity contribution is 5.53. The van der Waals surface area contributed by atoms with Gasteiger partial charge < -0.3 is 4.42 Å². The Balaban J connectivity index is 1.49. The molecule has 0 amide bonds. The van der Waals surface area contributed by atoms with Gasteiger partial charge in [-0.3, -0.25) is 4.90 Å². The minimum absolute atomic E-state index is 0.281. The van der Waals surface area contributed by atoms with Gasteiger partial charge in [-0.2, -0.15) is 0 Å². The molecule has 3 heterocycles. The third-order valence-electron chi connectivity index (χ3n) is 4.06. The summed E-state index contributed by atoms with van der Waals surface area (Å²) in [7, 11) is 0. The van der Waals surface area contributed by atoms with E-state index in [1.165, 1.54) is 11.6 Å². The summed E-state index contributed by atoms with van der Waals surface area (Å²) in [6.45, 7) is 2.22. The summed E-state index contributed by atoms with van der Waals surface area (Å²) in [6, 6.07) is 3.59. The molecular weight excluding hydrogens is 314 g/mol. The highest BCUT2D eigenvalue weighted by atomic mass is 19.2. The van der Waals surface area contributed by atoms with E-state index in [4.69, 9.17) is 4.42 Å². The van der Waals surface area contributed by atoms with Crippen molar-refractivity contribution in [3.8, 4) is 11.5 Å². The van der Waals surface area contributed by atoms with Gasteiger partial charge in [0.2, 0.25) is 5.89 Å². The highest BCUT2D eigenvalue weighted by Gasteiger charge is 2.19. The molecule has 0 N–H and O–H groups in total. The second kappa shape index (κ2) is 6.09. The molecule has 122 valence electrons. The standard InChI is InChI=1S/C17H14F2N4O/c18-14-2-1-11(5-15(14)19)17-22-13(9-24-17)7-23-4-3-12-6-20-10-21-16(12)8-23/h1-2,5-6,9-10H,3-4,7-8H2. The van der Waals surface area contributed by atoms with Gasteiger partial charge in [-0.05, 0) is 30.2 Å². The lowest BCUT2D eigenvalue weighted by atomic mass is 10.1. The molecule has 0 aliphatic carbocycles. The fourth-order valence-corrected chi connectivity index (χ4v) is 2.81. The van der Waals surface area contributed by atoms with Crippen LogP contribution in [0.5, 0.6) is 0 Å². The van der Waals surface area contributed by atoms with Crippen molar-refractivity contribution >= 4 is 0 Å². The van der Waals surface area contributed by atoms with Crippen LogP contribution in [0.15, 0.2) is 41.4 Å². The Morgan fingerprint density at radius 1 is 1.21 bits per heavy atom. The Kier molecular flexibility index (Phi) is 3.78. The quantitative estimate of drug-likeness (QED) is 0.740. The summed E-state index contributed by atoms with van der Waals surface area (Å²) in [5.41, 5.74) is 3.36. The summed E-state index contributed by atoms with van der Waals surface area (Å²) < 4.78 is 31.7. The molecule has 0 bridgehead atoms. The first kappa shape index (κ1) is 14.9. The largest absolute Gasteiger partial charge is 0.444 e. The first-order valence-electron chi connectivity index (χ1n) is 7.59. The topological polar surface area (TPSA) is 55.1 Å². The van der Waals surface area contributed by atoms with E-state index in [1.807, 2.05) is 6.20 Å². The van der Waals surface area contributed by atoms with E-state index >= 15 is 0 Å². The molecular formula is C17H14F2N4O. The molecule has 5 nitrogen and oxygen atoms in total. The van der Waals surface area contributed by atoms with E-state index in [-0.39, 0.29) is 5.89 Å². The predicted molar refractivity (Wildman–Crippen MR) is 81.7 cm³/mol.